The van der Waals surface area contributed by atoms with E-state index in [9.17, 15) is 5.11 Å². The largest absolute Gasteiger partial charge is 0.504 e. The first-order valence-corrected chi connectivity index (χ1v) is 10.8. The number of nitrogens with one attached hydrogen (secondary N) is 2. The van der Waals surface area contributed by atoms with E-state index in [4.69, 9.17) is 25.8 Å². The molecule has 0 bridgehead atoms. The van der Waals surface area contributed by atoms with Crippen LogP contribution in [-0.2, 0) is 0 Å². The minimum Gasteiger partial charge on any atom is -0.504 e. The molecule has 5 rings (SSSR count). The van der Waals surface area contributed by atoms with Gasteiger partial charge in [0.25, 0.3) is 0 Å². The van der Waals surface area contributed by atoms with Crippen LogP contribution in [-0.4, -0.2) is 18.5 Å². The highest BCUT2D eigenvalue weighted by atomic mass is 35.5. The molecule has 164 valence electrons. The average Bonchev–Trinajstić information content (AvgIpc) is 3.29. The minimum absolute atomic E-state index is 0.130. The van der Waals surface area contributed by atoms with Crippen molar-refractivity contribution >= 4 is 17.3 Å². The van der Waals surface area contributed by atoms with E-state index in [1.54, 1.807) is 6.07 Å². The summed E-state index contributed by atoms with van der Waals surface area (Å²) in [7, 11) is 0. The van der Waals surface area contributed by atoms with Crippen molar-refractivity contribution in [3.8, 4) is 23.0 Å². The number of benzene rings is 3. The van der Waals surface area contributed by atoms with E-state index in [0.29, 0.717) is 23.1 Å². The van der Waals surface area contributed by atoms with Gasteiger partial charge in [-0.15, -0.1) is 0 Å². The molecule has 0 spiro atoms. The van der Waals surface area contributed by atoms with Crippen molar-refractivity contribution in [3.63, 3.8) is 0 Å². The maximum absolute atomic E-state index is 10.9. The average molecular weight is 451 g/mol. The molecular weight excluding hydrogens is 428 g/mol. The first kappa shape index (κ1) is 20.5. The lowest BCUT2D eigenvalue weighted by molar-refractivity contribution is 0.174. The molecule has 0 fully saturated rings. The van der Waals surface area contributed by atoms with Gasteiger partial charge in [-0.1, -0.05) is 35.9 Å². The summed E-state index contributed by atoms with van der Waals surface area (Å²) in [5.41, 5.74) is 3.62. The van der Waals surface area contributed by atoms with Crippen LogP contribution >= 0.6 is 11.6 Å². The zero-order valence-corrected chi connectivity index (χ0v) is 18.2. The lowest BCUT2D eigenvalue weighted by Crippen LogP contribution is -2.39. The number of hydrogen-bond acceptors (Lipinski definition) is 6. The quantitative estimate of drug-likeness (QED) is 0.499. The molecule has 2 unspecified atom stereocenters. The number of hydrogen-bond donors (Lipinski definition) is 3. The molecule has 6 nitrogen and oxygen atoms in total. The van der Waals surface area contributed by atoms with Gasteiger partial charge >= 0.3 is 0 Å². The van der Waals surface area contributed by atoms with Crippen LogP contribution in [0.15, 0.2) is 66.7 Å². The summed E-state index contributed by atoms with van der Waals surface area (Å²) in [4.78, 5) is 0. The number of phenolic OH excluding ortho intramolecular Hbond substituents is 1. The van der Waals surface area contributed by atoms with Gasteiger partial charge in [-0.05, 0) is 55.0 Å². The summed E-state index contributed by atoms with van der Waals surface area (Å²) in [5.74, 6) is 2.04. The summed E-state index contributed by atoms with van der Waals surface area (Å²) < 4.78 is 16.6. The topological polar surface area (TPSA) is 72.0 Å². The molecule has 0 aliphatic carbocycles. The van der Waals surface area contributed by atoms with Crippen LogP contribution in [0.5, 0.6) is 23.0 Å². The smallest absolute Gasteiger partial charge is 0.231 e. The fraction of sp³-hybridized carbons (Fsp3) is 0.200. The van der Waals surface area contributed by atoms with E-state index < -0.39 is 0 Å². The van der Waals surface area contributed by atoms with Gasteiger partial charge in [0, 0.05) is 21.8 Å². The zero-order chi connectivity index (χ0) is 22.1. The third-order valence-electron chi connectivity index (χ3n) is 5.53. The Morgan fingerprint density at radius 1 is 1.06 bits per heavy atom. The Morgan fingerprint density at radius 2 is 1.88 bits per heavy atom. The van der Waals surface area contributed by atoms with Gasteiger partial charge in [0.05, 0.1) is 12.6 Å². The summed E-state index contributed by atoms with van der Waals surface area (Å²) in [6.07, 6.45) is 1.84. The third-order valence-corrected chi connectivity index (χ3v) is 5.78. The Labute approximate surface area is 191 Å². The fourth-order valence-electron chi connectivity index (χ4n) is 3.96. The predicted octanol–water partition coefficient (Wildman–Crippen LogP) is 5.15. The normalized spacial score (nSPS) is 19.2. The lowest BCUT2D eigenvalue weighted by Gasteiger charge is -2.33. The maximum Gasteiger partial charge on any atom is 0.231 e. The van der Waals surface area contributed by atoms with E-state index in [-0.39, 0.29) is 24.8 Å². The van der Waals surface area contributed by atoms with Gasteiger partial charge in [0.2, 0.25) is 6.79 Å². The van der Waals surface area contributed by atoms with Crippen LogP contribution in [0.3, 0.4) is 0 Å². The van der Waals surface area contributed by atoms with Crippen molar-refractivity contribution in [1.29, 1.82) is 0 Å². The molecule has 2 aliphatic rings. The van der Waals surface area contributed by atoms with Crippen LogP contribution in [0.2, 0.25) is 5.02 Å². The molecule has 2 heterocycles. The van der Waals surface area contributed by atoms with E-state index in [1.165, 1.54) is 0 Å². The molecule has 0 saturated carbocycles. The van der Waals surface area contributed by atoms with E-state index in [0.717, 1.165) is 28.1 Å². The SMILES string of the molecule is CCOc1cccc(C2C=C(c3ccc4c(c3)OCO4)NC(c3ccc(Cl)cc3)N2)c1O. The predicted molar refractivity (Wildman–Crippen MR) is 123 cm³/mol. The number of ether oxygens (including phenoxy) is 3. The first-order chi connectivity index (χ1) is 15.6. The molecule has 0 aromatic heterocycles. The third kappa shape index (κ3) is 3.95. The van der Waals surface area contributed by atoms with Gasteiger partial charge in [0.15, 0.2) is 23.0 Å². The molecule has 3 N–H and O–H groups in total. The van der Waals surface area contributed by atoms with Crippen LogP contribution in [0.4, 0.5) is 0 Å². The Morgan fingerprint density at radius 3 is 2.69 bits per heavy atom. The van der Waals surface area contributed by atoms with Crippen LogP contribution in [0, 0.1) is 0 Å². The van der Waals surface area contributed by atoms with Crippen molar-refractivity contribution in [3.05, 3.63) is 88.5 Å². The summed E-state index contributed by atoms with van der Waals surface area (Å²) in [5, 5.41) is 18.7. The van der Waals surface area contributed by atoms with E-state index >= 15 is 0 Å². The number of phenols is 1. The maximum atomic E-state index is 10.9. The summed E-state index contributed by atoms with van der Waals surface area (Å²) in [6, 6.07) is 18.8. The second-order valence-corrected chi connectivity index (χ2v) is 7.99. The van der Waals surface area contributed by atoms with Crippen LogP contribution in [0.25, 0.3) is 5.70 Å². The van der Waals surface area contributed by atoms with E-state index in [1.807, 2.05) is 61.5 Å². The molecular formula is C25H23ClN2O4. The monoisotopic (exact) mass is 450 g/mol. The molecule has 32 heavy (non-hydrogen) atoms. The highest BCUT2D eigenvalue weighted by molar-refractivity contribution is 6.30. The van der Waals surface area contributed by atoms with Gasteiger partial charge < -0.3 is 24.6 Å². The second kappa shape index (κ2) is 8.65. The van der Waals surface area contributed by atoms with Crippen molar-refractivity contribution in [2.24, 2.45) is 0 Å². The van der Waals surface area contributed by atoms with Gasteiger partial charge in [-0.25, -0.2) is 0 Å². The molecule has 7 heteroatoms. The first-order valence-electron chi connectivity index (χ1n) is 10.5. The standard InChI is InChI=1S/C25H23ClN2O4/c1-2-30-22-5-3-4-18(24(22)29)20-13-19(16-8-11-21-23(12-16)32-14-31-21)27-25(28-20)15-6-9-17(26)10-7-15/h3-13,20,25,27-29H,2,14H2,1H3. The number of fused-ring (bicyclic) bond motifs is 1. The molecule has 2 aliphatic heterocycles. The highest BCUT2D eigenvalue weighted by Crippen LogP contribution is 2.40. The molecule has 0 radical (unpaired) electrons. The molecule has 3 aromatic carbocycles. The zero-order valence-electron chi connectivity index (χ0n) is 17.5. The van der Waals surface area contributed by atoms with E-state index in [2.05, 4.69) is 16.7 Å². The Bertz CT molecular complexity index is 1160. The second-order valence-electron chi connectivity index (χ2n) is 7.55. The number of rotatable bonds is 5. The Balaban J connectivity index is 1.56. The molecule has 0 amide bonds. The molecule has 0 saturated heterocycles. The lowest BCUT2D eigenvalue weighted by atomic mass is 9.97. The number of para-hydroxylation sites is 1. The van der Waals surface area contributed by atoms with Crippen molar-refractivity contribution < 1.29 is 19.3 Å². The summed E-state index contributed by atoms with van der Waals surface area (Å²) in [6.45, 7) is 2.59. The van der Waals surface area contributed by atoms with Crippen molar-refractivity contribution in [1.82, 2.24) is 10.6 Å². The molecule has 2 atom stereocenters. The van der Waals surface area contributed by atoms with Crippen LogP contribution < -0.4 is 24.8 Å². The number of aromatic hydroxyl groups is 1. The number of halogens is 1. The van der Waals surface area contributed by atoms with Gasteiger partial charge in [-0.3, -0.25) is 5.32 Å². The fourth-order valence-corrected chi connectivity index (χ4v) is 4.09. The Kier molecular flexibility index (Phi) is 5.55. The van der Waals surface area contributed by atoms with Gasteiger partial charge in [-0.2, -0.15) is 0 Å². The van der Waals surface area contributed by atoms with Crippen molar-refractivity contribution in [2.45, 2.75) is 19.1 Å². The minimum atomic E-state index is -0.266. The van der Waals surface area contributed by atoms with Crippen LogP contribution in [0.1, 0.15) is 35.8 Å². The van der Waals surface area contributed by atoms with Gasteiger partial charge in [0.1, 0.15) is 6.17 Å². The summed E-state index contributed by atoms with van der Waals surface area (Å²) >= 11 is 6.10. The Hall–Kier alpha value is -3.35. The highest BCUT2D eigenvalue weighted by Gasteiger charge is 2.27. The van der Waals surface area contributed by atoms with Crippen molar-refractivity contribution in [2.75, 3.05) is 13.4 Å². The molecule has 3 aromatic rings.